The minimum Gasteiger partial charge on any atom is -0.316 e. The van der Waals surface area contributed by atoms with Crippen LogP contribution in [0.4, 0.5) is 10.9 Å². The monoisotopic (exact) mass is 281 g/mol. The molecule has 0 bridgehead atoms. The number of nitrogens with one attached hydrogen (secondary N) is 1. The van der Waals surface area contributed by atoms with Gasteiger partial charge in [0.2, 0.25) is 0 Å². The van der Waals surface area contributed by atoms with Crippen molar-refractivity contribution >= 4 is 22.3 Å². The van der Waals surface area contributed by atoms with Crippen LogP contribution in [-0.2, 0) is 0 Å². The van der Waals surface area contributed by atoms with Gasteiger partial charge < -0.3 is 5.32 Å². The van der Waals surface area contributed by atoms with E-state index in [2.05, 4.69) is 51.9 Å². The third-order valence-corrected chi connectivity index (χ3v) is 3.84. The van der Waals surface area contributed by atoms with E-state index >= 15 is 0 Å². The van der Waals surface area contributed by atoms with E-state index in [4.69, 9.17) is 0 Å². The Hall–Kier alpha value is -2.20. The van der Waals surface area contributed by atoms with E-state index in [1.165, 1.54) is 5.56 Å². The summed E-state index contributed by atoms with van der Waals surface area (Å²) in [6, 6.07) is 12.4. The van der Waals surface area contributed by atoms with Crippen molar-refractivity contribution in [1.82, 2.24) is 9.97 Å². The fourth-order valence-electron chi connectivity index (χ4n) is 1.91. The minimum absolute atomic E-state index is 0.859. The quantitative estimate of drug-likeness (QED) is 0.764. The van der Waals surface area contributed by atoms with Crippen molar-refractivity contribution in [3.63, 3.8) is 0 Å². The second-order valence-electron chi connectivity index (χ2n) is 4.70. The third kappa shape index (κ3) is 2.70. The molecule has 0 saturated carbocycles. The molecule has 2 heterocycles. The van der Waals surface area contributed by atoms with Gasteiger partial charge in [0.25, 0.3) is 0 Å². The summed E-state index contributed by atoms with van der Waals surface area (Å²) in [4.78, 5) is 8.94. The Morgan fingerprint density at radius 2 is 1.85 bits per heavy atom. The molecule has 1 N–H and O–H groups in total. The van der Waals surface area contributed by atoms with Crippen LogP contribution in [0.5, 0.6) is 0 Å². The number of aryl methyl sites for hydroxylation is 2. The molecule has 1 aromatic carbocycles. The van der Waals surface area contributed by atoms with Crippen LogP contribution in [0.1, 0.15) is 11.1 Å². The zero-order valence-electron chi connectivity index (χ0n) is 11.4. The largest absolute Gasteiger partial charge is 0.316 e. The highest BCUT2D eigenvalue weighted by molar-refractivity contribution is 7.14. The van der Waals surface area contributed by atoms with Crippen molar-refractivity contribution < 1.29 is 0 Å². The van der Waals surface area contributed by atoms with Crippen molar-refractivity contribution in [2.75, 3.05) is 5.32 Å². The van der Waals surface area contributed by atoms with Crippen LogP contribution in [0.3, 0.4) is 0 Å². The van der Waals surface area contributed by atoms with Crippen molar-refractivity contribution in [2.45, 2.75) is 13.8 Å². The Morgan fingerprint density at radius 1 is 1.05 bits per heavy atom. The van der Waals surface area contributed by atoms with Crippen molar-refractivity contribution in [3.05, 3.63) is 59.1 Å². The number of hydrogen-bond donors (Lipinski definition) is 1. The number of thiazole rings is 1. The van der Waals surface area contributed by atoms with Gasteiger partial charge in [-0.3, -0.25) is 0 Å². The van der Waals surface area contributed by atoms with Gasteiger partial charge in [0.1, 0.15) is 5.82 Å². The van der Waals surface area contributed by atoms with Gasteiger partial charge in [-0.05, 0) is 25.5 Å². The standard InChI is InChI=1S/C16H15N3S/c1-11-5-7-13(8-6-11)14-10-20-16(18-14)19-15-12(2)4-3-9-17-15/h3-10H,1-2H3,(H,17,18,19). The molecule has 0 unspecified atom stereocenters. The molecule has 0 atom stereocenters. The summed E-state index contributed by atoms with van der Waals surface area (Å²) in [5.74, 6) is 0.859. The molecule has 0 amide bonds. The molecule has 0 aliphatic heterocycles. The first-order chi connectivity index (χ1) is 9.72. The van der Waals surface area contributed by atoms with E-state index in [1.54, 1.807) is 17.5 Å². The van der Waals surface area contributed by atoms with Crippen LogP contribution in [0, 0.1) is 13.8 Å². The van der Waals surface area contributed by atoms with Gasteiger partial charge in [-0.2, -0.15) is 0 Å². The third-order valence-electron chi connectivity index (χ3n) is 3.09. The topological polar surface area (TPSA) is 37.8 Å². The zero-order chi connectivity index (χ0) is 13.9. The lowest BCUT2D eigenvalue weighted by Gasteiger charge is -2.04. The van der Waals surface area contributed by atoms with E-state index < -0.39 is 0 Å². The van der Waals surface area contributed by atoms with Gasteiger partial charge in [-0.25, -0.2) is 9.97 Å². The Kier molecular flexibility index (Phi) is 3.48. The molecule has 0 fully saturated rings. The van der Waals surface area contributed by atoms with Gasteiger partial charge in [0.05, 0.1) is 5.69 Å². The summed E-state index contributed by atoms with van der Waals surface area (Å²) in [7, 11) is 0. The van der Waals surface area contributed by atoms with Gasteiger partial charge in [0, 0.05) is 17.1 Å². The molecule has 0 aliphatic carbocycles. The van der Waals surface area contributed by atoms with Crippen LogP contribution >= 0.6 is 11.3 Å². The molecule has 3 rings (SSSR count). The summed E-state index contributed by atoms with van der Waals surface area (Å²) in [5, 5.41) is 6.19. The maximum absolute atomic E-state index is 4.61. The average molecular weight is 281 g/mol. The second-order valence-corrected chi connectivity index (χ2v) is 5.56. The summed E-state index contributed by atoms with van der Waals surface area (Å²) in [6.45, 7) is 4.12. The minimum atomic E-state index is 0.859. The molecule has 0 radical (unpaired) electrons. The highest BCUT2D eigenvalue weighted by atomic mass is 32.1. The Bertz CT molecular complexity index is 717. The van der Waals surface area contributed by atoms with Crippen molar-refractivity contribution in [3.8, 4) is 11.3 Å². The first kappa shape index (κ1) is 12.8. The van der Waals surface area contributed by atoms with Crippen LogP contribution in [-0.4, -0.2) is 9.97 Å². The molecular formula is C16H15N3S. The van der Waals surface area contributed by atoms with Crippen LogP contribution in [0.15, 0.2) is 48.0 Å². The Balaban J connectivity index is 1.84. The summed E-state index contributed by atoms with van der Waals surface area (Å²) in [5.41, 5.74) is 4.50. The number of pyridine rings is 1. The van der Waals surface area contributed by atoms with Gasteiger partial charge in [-0.15, -0.1) is 11.3 Å². The SMILES string of the molecule is Cc1ccc(-c2csc(Nc3ncccc3C)n2)cc1. The van der Waals surface area contributed by atoms with E-state index in [0.717, 1.165) is 27.8 Å². The lowest BCUT2D eigenvalue weighted by atomic mass is 10.1. The lowest BCUT2D eigenvalue weighted by Crippen LogP contribution is -1.95. The zero-order valence-corrected chi connectivity index (χ0v) is 12.2. The number of benzene rings is 1. The highest BCUT2D eigenvalue weighted by Gasteiger charge is 2.06. The fourth-order valence-corrected chi connectivity index (χ4v) is 2.62. The van der Waals surface area contributed by atoms with E-state index in [-0.39, 0.29) is 0 Å². The molecule has 2 aromatic heterocycles. The van der Waals surface area contributed by atoms with Gasteiger partial charge in [-0.1, -0.05) is 35.9 Å². The highest BCUT2D eigenvalue weighted by Crippen LogP contribution is 2.27. The molecular weight excluding hydrogens is 266 g/mol. The van der Waals surface area contributed by atoms with E-state index in [9.17, 15) is 0 Å². The lowest BCUT2D eigenvalue weighted by molar-refractivity contribution is 1.24. The Morgan fingerprint density at radius 3 is 2.60 bits per heavy atom. The average Bonchev–Trinajstić information content (AvgIpc) is 2.91. The predicted molar refractivity (Wildman–Crippen MR) is 84.5 cm³/mol. The molecule has 100 valence electrons. The molecule has 4 heteroatoms. The smallest absolute Gasteiger partial charge is 0.188 e. The first-order valence-corrected chi connectivity index (χ1v) is 7.31. The van der Waals surface area contributed by atoms with Crippen LogP contribution in [0.2, 0.25) is 0 Å². The maximum atomic E-state index is 4.61. The molecule has 3 nitrogen and oxygen atoms in total. The fraction of sp³-hybridized carbons (Fsp3) is 0.125. The van der Waals surface area contributed by atoms with Crippen LogP contribution < -0.4 is 5.32 Å². The number of nitrogens with zero attached hydrogens (tertiary/aromatic N) is 2. The maximum Gasteiger partial charge on any atom is 0.188 e. The molecule has 0 saturated heterocycles. The number of hydrogen-bond acceptors (Lipinski definition) is 4. The van der Waals surface area contributed by atoms with E-state index in [0.29, 0.717) is 0 Å². The van der Waals surface area contributed by atoms with Crippen molar-refractivity contribution in [1.29, 1.82) is 0 Å². The predicted octanol–water partition coefficient (Wildman–Crippen LogP) is 4.57. The first-order valence-electron chi connectivity index (χ1n) is 6.43. The summed E-state index contributed by atoms with van der Waals surface area (Å²) in [6.07, 6.45) is 1.78. The van der Waals surface area contributed by atoms with Gasteiger partial charge in [0.15, 0.2) is 5.13 Å². The normalized spacial score (nSPS) is 10.5. The number of rotatable bonds is 3. The summed E-state index contributed by atoms with van der Waals surface area (Å²) >= 11 is 1.59. The molecule has 0 spiro atoms. The summed E-state index contributed by atoms with van der Waals surface area (Å²) < 4.78 is 0. The molecule has 0 aliphatic rings. The van der Waals surface area contributed by atoms with Gasteiger partial charge >= 0.3 is 0 Å². The van der Waals surface area contributed by atoms with Crippen molar-refractivity contribution in [2.24, 2.45) is 0 Å². The molecule has 3 aromatic rings. The van der Waals surface area contributed by atoms with E-state index in [1.807, 2.05) is 19.1 Å². The number of aromatic nitrogens is 2. The molecule has 20 heavy (non-hydrogen) atoms. The number of anilines is 2. The Labute approximate surface area is 122 Å². The second kappa shape index (κ2) is 5.43. The van der Waals surface area contributed by atoms with Crippen LogP contribution in [0.25, 0.3) is 11.3 Å².